The van der Waals surface area contributed by atoms with E-state index in [0.717, 1.165) is 68.2 Å². The van der Waals surface area contributed by atoms with E-state index in [1.165, 1.54) is 0 Å². The second-order valence-electron chi connectivity index (χ2n) is 8.41. The number of nitrogens with zero attached hydrogens (tertiary/aromatic N) is 5. The molecule has 3 heterocycles. The molecule has 0 spiro atoms. The molecule has 1 fully saturated rings. The number of nitrogens with one attached hydrogen (secondary N) is 1. The Morgan fingerprint density at radius 3 is 2.62 bits per heavy atom. The van der Waals surface area contributed by atoms with Crippen molar-refractivity contribution in [2.24, 2.45) is 0 Å². The van der Waals surface area contributed by atoms with Crippen LogP contribution in [0.1, 0.15) is 40.2 Å². The minimum atomic E-state index is -0.222. The van der Waals surface area contributed by atoms with E-state index >= 15 is 0 Å². The van der Waals surface area contributed by atoms with Gasteiger partial charge in [0.25, 0.3) is 5.91 Å². The number of carbonyl (C=O) groups is 1. The van der Waals surface area contributed by atoms with Crippen molar-refractivity contribution in [3.8, 4) is 11.8 Å². The summed E-state index contributed by atoms with van der Waals surface area (Å²) < 4.78 is 1.68. The number of aromatic nitrogens is 3. The number of aryl methyl sites for hydroxylation is 2. The summed E-state index contributed by atoms with van der Waals surface area (Å²) in [6.45, 7) is 9.59. The molecule has 0 saturated carbocycles. The van der Waals surface area contributed by atoms with Crippen molar-refractivity contribution < 1.29 is 4.79 Å². The number of fused-ring (bicyclic) bond motifs is 1. The Morgan fingerprint density at radius 1 is 1.12 bits per heavy atom. The molecule has 4 rings (SSSR count). The molecule has 1 N–H and O–H groups in total. The molecule has 0 bridgehead atoms. The molecule has 0 atom stereocenters. The first-order chi connectivity index (χ1) is 15.5. The number of anilines is 1. The predicted octanol–water partition coefficient (Wildman–Crippen LogP) is 2.98. The van der Waals surface area contributed by atoms with Crippen LogP contribution in [-0.4, -0.2) is 70.1 Å². The summed E-state index contributed by atoms with van der Waals surface area (Å²) in [7, 11) is 2.18. The van der Waals surface area contributed by atoms with Gasteiger partial charge in [-0.25, -0.2) is 9.50 Å². The van der Waals surface area contributed by atoms with Crippen LogP contribution in [0.25, 0.3) is 5.65 Å². The van der Waals surface area contributed by atoms with Crippen LogP contribution in [0.4, 0.5) is 5.69 Å². The first-order valence-electron chi connectivity index (χ1n) is 11.1. The maximum absolute atomic E-state index is 12.8. The average Bonchev–Trinajstić information content (AvgIpc) is 3.20. The minimum absolute atomic E-state index is 0.222. The van der Waals surface area contributed by atoms with Crippen molar-refractivity contribution in [3.63, 3.8) is 0 Å². The molecule has 32 heavy (non-hydrogen) atoms. The second kappa shape index (κ2) is 9.94. The number of benzene rings is 1. The van der Waals surface area contributed by atoms with E-state index in [9.17, 15) is 4.79 Å². The van der Waals surface area contributed by atoms with E-state index in [2.05, 4.69) is 44.1 Å². The van der Waals surface area contributed by atoms with E-state index in [1.807, 2.05) is 44.2 Å². The van der Waals surface area contributed by atoms with Gasteiger partial charge in [0, 0.05) is 55.2 Å². The fourth-order valence-corrected chi connectivity index (χ4v) is 3.89. The smallest absolute Gasteiger partial charge is 0.261 e. The Hall–Kier alpha value is -3.21. The molecule has 1 aliphatic heterocycles. The highest BCUT2D eigenvalue weighted by Gasteiger charge is 2.16. The van der Waals surface area contributed by atoms with Gasteiger partial charge in [0.2, 0.25) is 0 Å². The zero-order valence-electron chi connectivity index (χ0n) is 19.1. The highest BCUT2D eigenvalue weighted by Crippen LogP contribution is 2.15. The largest absolute Gasteiger partial charge is 0.322 e. The predicted molar refractivity (Wildman–Crippen MR) is 127 cm³/mol. The summed E-state index contributed by atoms with van der Waals surface area (Å²) >= 11 is 0. The fourth-order valence-electron chi connectivity index (χ4n) is 3.89. The lowest BCUT2D eigenvalue weighted by atomic mass is 10.2. The Labute approximate surface area is 189 Å². The van der Waals surface area contributed by atoms with Crippen molar-refractivity contribution in [2.75, 3.05) is 45.1 Å². The van der Waals surface area contributed by atoms with Crippen molar-refractivity contribution in [3.05, 3.63) is 59.0 Å². The number of amides is 1. The fraction of sp³-hybridized carbons (Fsp3) is 0.400. The monoisotopic (exact) mass is 430 g/mol. The summed E-state index contributed by atoms with van der Waals surface area (Å²) in [6.07, 6.45) is 3.55. The lowest BCUT2D eigenvalue weighted by Crippen LogP contribution is -2.44. The minimum Gasteiger partial charge on any atom is -0.322 e. The van der Waals surface area contributed by atoms with Gasteiger partial charge in [-0.15, -0.1) is 0 Å². The molecule has 0 unspecified atom stereocenters. The zero-order chi connectivity index (χ0) is 22.5. The molecule has 0 radical (unpaired) electrons. The van der Waals surface area contributed by atoms with E-state index in [-0.39, 0.29) is 5.91 Å². The third-order valence-corrected chi connectivity index (χ3v) is 5.77. The molecule has 2 aromatic heterocycles. The van der Waals surface area contributed by atoms with Crippen molar-refractivity contribution in [1.82, 2.24) is 24.4 Å². The summed E-state index contributed by atoms with van der Waals surface area (Å²) in [5, 5.41) is 7.22. The van der Waals surface area contributed by atoms with Gasteiger partial charge in [0.05, 0.1) is 6.20 Å². The van der Waals surface area contributed by atoms with Crippen LogP contribution in [0, 0.1) is 25.7 Å². The third-order valence-electron chi connectivity index (χ3n) is 5.77. The van der Waals surface area contributed by atoms with Crippen LogP contribution >= 0.6 is 0 Å². The summed E-state index contributed by atoms with van der Waals surface area (Å²) in [4.78, 5) is 22.1. The summed E-state index contributed by atoms with van der Waals surface area (Å²) in [5.41, 5.74) is 4.50. The molecule has 1 aromatic carbocycles. The number of carbonyl (C=O) groups excluding carboxylic acids is 1. The Bertz CT molecular complexity index is 1150. The number of likely N-dealkylation sites (N-methyl/N-ethyl adjacent to an activating group) is 1. The number of rotatable bonds is 5. The van der Waals surface area contributed by atoms with Gasteiger partial charge in [-0.05, 0) is 64.2 Å². The number of piperazine rings is 1. The maximum atomic E-state index is 12.8. The standard InChI is InChI=1S/C25H30N6O/c1-19-17-20(2)31-24(27-19)23(18-26-31)25(32)28-22-10-8-21(9-11-22)7-5-4-6-12-30-15-13-29(3)14-16-30/h8-11,17-18H,4,6,12-16H2,1-3H3,(H,28,32). The van der Waals surface area contributed by atoms with E-state index in [1.54, 1.807) is 10.7 Å². The van der Waals surface area contributed by atoms with Gasteiger partial charge in [0.15, 0.2) is 5.65 Å². The third kappa shape index (κ3) is 5.34. The number of hydrogen-bond acceptors (Lipinski definition) is 5. The molecule has 1 amide bonds. The van der Waals surface area contributed by atoms with Crippen LogP contribution in [0.5, 0.6) is 0 Å². The van der Waals surface area contributed by atoms with Gasteiger partial charge in [-0.3, -0.25) is 4.79 Å². The molecule has 166 valence electrons. The molecule has 7 nitrogen and oxygen atoms in total. The molecule has 1 saturated heterocycles. The normalized spacial score (nSPS) is 14.8. The second-order valence-corrected chi connectivity index (χ2v) is 8.41. The lowest BCUT2D eigenvalue weighted by molar-refractivity contribution is 0.102. The van der Waals surface area contributed by atoms with Crippen LogP contribution in [0.15, 0.2) is 36.5 Å². The van der Waals surface area contributed by atoms with Crippen molar-refractivity contribution in [2.45, 2.75) is 26.7 Å². The van der Waals surface area contributed by atoms with Gasteiger partial charge in [-0.1, -0.05) is 11.8 Å². The Balaban J connectivity index is 1.30. The summed E-state index contributed by atoms with van der Waals surface area (Å²) in [6, 6.07) is 9.56. The Morgan fingerprint density at radius 2 is 1.88 bits per heavy atom. The molecular weight excluding hydrogens is 400 g/mol. The zero-order valence-corrected chi connectivity index (χ0v) is 19.1. The van der Waals surface area contributed by atoms with Crippen molar-refractivity contribution >= 4 is 17.2 Å². The number of unbranched alkanes of at least 4 members (excludes halogenated alkanes) is 1. The van der Waals surface area contributed by atoms with E-state index in [4.69, 9.17) is 0 Å². The highest BCUT2D eigenvalue weighted by atomic mass is 16.1. The summed E-state index contributed by atoms with van der Waals surface area (Å²) in [5.74, 6) is 6.27. The lowest BCUT2D eigenvalue weighted by Gasteiger charge is -2.32. The molecular formula is C25H30N6O. The topological polar surface area (TPSA) is 65.8 Å². The van der Waals surface area contributed by atoms with E-state index < -0.39 is 0 Å². The quantitative estimate of drug-likeness (QED) is 0.498. The molecule has 3 aromatic rings. The van der Waals surface area contributed by atoms with Crippen LogP contribution in [-0.2, 0) is 0 Å². The van der Waals surface area contributed by atoms with Gasteiger partial charge >= 0.3 is 0 Å². The highest BCUT2D eigenvalue weighted by molar-refractivity contribution is 6.08. The SMILES string of the molecule is Cc1cc(C)n2ncc(C(=O)Nc3ccc(C#CCCCN4CCN(C)CC4)cc3)c2n1. The maximum Gasteiger partial charge on any atom is 0.261 e. The van der Waals surface area contributed by atoms with Crippen LogP contribution in [0.2, 0.25) is 0 Å². The number of hydrogen-bond donors (Lipinski definition) is 1. The van der Waals surface area contributed by atoms with Crippen LogP contribution in [0.3, 0.4) is 0 Å². The molecule has 7 heteroatoms. The van der Waals surface area contributed by atoms with E-state index in [0.29, 0.717) is 11.2 Å². The first-order valence-corrected chi connectivity index (χ1v) is 11.1. The first kappa shape index (κ1) is 22.0. The molecule has 1 aliphatic rings. The van der Waals surface area contributed by atoms with Gasteiger partial charge in [-0.2, -0.15) is 5.10 Å². The van der Waals surface area contributed by atoms with Gasteiger partial charge in [0.1, 0.15) is 5.56 Å². The Kier molecular flexibility index (Phi) is 6.84. The molecule has 0 aliphatic carbocycles. The van der Waals surface area contributed by atoms with Gasteiger partial charge < -0.3 is 15.1 Å². The average molecular weight is 431 g/mol. The van der Waals surface area contributed by atoms with Crippen molar-refractivity contribution in [1.29, 1.82) is 0 Å². The van der Waals surface area contributed by atoms with Crippen LogP contribution < -0.4 is 5.32 Å².